The van der Waals surface area contributed by atoms with E-state index in [4.69, 9.17) is 5.11 Å². The summed E-state index contributed by atoms with van der Waals surface area (Å²) in [6.45, 7) is 16.7. The highest BCUT2D eigenvalue weighted by Crippen LogP contribution is 2.39. The molecule has 2 aromatic rings. The Morgan fingerprint density at radius 1 is 0.935 bits per heavy atom. The van der Waals surface area contributed by atoms with E-state index >= 15 is 0 Å². The Morgan fingerprint density at radius 2 is 1.42 bits per heavy atom. The fourth-order valence-corrected chi connectivity index (χ4v) is 5.03. The lowest BCUT2D eigenvalue weighted by Gasteiger charge is -2.32. The van der Waals surface area contributed by atoms with Crippen molar-refractivity contribution in [3.8, 4) is 0 Å². The van der Waals surface area contributed by atoms with Crippen LogP contribution in [-0.4, -0.2) is 19.5 Å². The average Bonchev–Trinajstić information content (AvgIpc) is 2.60. The van der Waals surface area contributed by atoms with Crippen LogP contribution in [0.25, 0.3) is 0 Å². The Hall–Kier alpha value is -2.34. The van der Waals surface area contributed by atoms with Crippen LogP contribution in [0.5, 0.6) is 0 Å². The lowest BCUT2D eigenvalue weighted by atomic mass is 9.74. The summed E-state index contributed by atoms with van der Waals surface area (Å²) in [5.74, 6) is -0.900. The lowest BCUT2D eigenvalue weighted by Crippen LogP contribution is -2.25. The van der Waals surface area contributed by atoms with Gasteiger partial charge in [0.25, 0.3) is 10.0 Å². The summed E-state index contributed by atoms with van der Waals surface area (Å²) in [6.07, 6.45) is -0.103. The summed E-state index contributed by atoms with van der Waals surface area (Å²) in [6, 6.07) is 10.3. The first-order chi connectivity index (χ1) is 14.0. The number of anilines is 1. The van der Waals surface area contributed by atoms with Crippen LogP contribution < -0.4 is 4.72 Å². The molecule has 0 bridgehead atoms. The second kappa shape index (κ2) is 8.65. The minimum atomic E-state index is -3.84. The number of carboxylic acid groups (broad SMARTS) is 1. The highest BCUT2D eigenvalue weighted by Gasteiger charge is 2.30. The normalized spacial score (nSPS) is 12.8. The average molecular weight is 446 g/mol. The first-order valence-corrected chi connectivity index (χ1v) is 12.0. The Bertz CT molecular complexity index is 1050. The van der Waals surface area contributed by atoms with Gasteiger partial charge >= 0.3 is 5.97 Å². The van der Waals surface area contributed by atoms with Crippen molar-refractivity contribution in [2.45, 2.75) is 83.5 Å². The van der Waals surface area contributed by atoms with Crippen molar-refractivity contribution in [3.63, 3.8) is 0 Å². The topological polar surface area (TPSA) is 83.5 Å². The van der Waals surface area contributed by atoms with Crippen molar-refractivity contribution >= 4 is 21.7 Å². The number of nitrogens with one attached hydrogen (secondary N) is 1. The third-order valence-electron chi connectivity index (χ3n) is 5.24. The van der Waals surface area contributed by atoms with Crippen LogP contribution in [-0.2, 0) is 32.1 Å². The van der Waals surface area contributed by atoms with Crippen molar-refractivity contribution in [3.05, 3.63) is 58.7 Å². The van der Waals surface area contributed by atoms with E-state index in [0.717, 1.165) is 16.7 Å². The zero-order valence-corrected chi connectivity index (χ0v) is 20.6. The Balaban J connectivity index is 2.60. The quantitative estimate of drug-likeness (QED) is 0.586. The van der Waals surface area contributed by atoms with Gasteiger partial charge in [0, 0.05) is 5.69 Å². The van der Waals surface area contributed by atoms with E-state index in [-0.39, 0.29) is 28.1 Å². The van der Waals surface area contributed by atoms with Crippen LogP contribution >= 0.6 is 0 Å². The number of hydrogen-bond donors (Lipinski definition) is 2. The standard InChI is InChI=1S/C25H35NO4S/c1-16(2)19-14-20(24(3,4)5)21(25(6,7)8)15-22(19)31(29,30)26-18-11-9-17(10-12-18)13-23(27)28/h9-12,14-16,26H,13H2,1-8H3,(H,27,28). The van der Waals surface area contributed by atoms with Gasteiger partial charge in [-0.2, -0.15) is 0 Å². The summed E-state index contributed by atoms with van der Waals surface area (Å²) < 4.78 is 29.5. The van der Waals surface area contributed by atoms with Gasteiger partial charge in [0.2, 0.25) is 0 Å². The molecule has 0 aliphatic carbocycles. The molecule has 0 aromatic heterocycles. The molecular weight excluding hydrogens is 410 g/mol. The van der Waals surface area contributed by atoms with Crippen molar-refractivity contribution < 1.29 is 18.3 Å². The van der Waals surface area contributed by atoms with Gasteiger partial charge in [-0.25, -0.2) is 8.42 Å². The van der Waals surface area contributed by atoms with Gasteiger partial charge in [-0.1, -0.05) is 73.6 Å². The van der Waals surface area contributed by atoms with Crippen molar-refractivity contribution in [2.24, 2.45) is 0 Å². The zero-order chi connectivity index (χ0) is 23.8. The number of sulfonamides is 1. The third kappa shape index (κ3) is 6.10. The third-order valence-corrected chi connectivity index (χ3v) is 6.68. The molecule has 170 valence electrons. The monoisotopic (exact) mass is 445 g/mol. The van der Waals surface area contributed by atoms with Crippen LogP contribution in [0.3, 0.4) is 0 Å². The fraction of sp³-hybridized carbons (Fsp3) is 0.480. The highest BCUT2D eigenvalue weighted by molar-refractivity contribution is 7.92. The summed E-state index contributed by atoms with van der Waals surface area (Å²) in [4.78, 5) is 11.2. The molecule has 0 saturated heterocycles. The molecule has 0 atom stereocenters. The molecule has 0 unspecified atom stereocenters. The molecule has 0 spiro atoms. The molecular formula is C25H35NO4S. The number of rotatable bonds is 6. The van der Waals surface area contributed by atoms with E-state index in [2.05, 4.69) is 52.3 Å². The first kappa shape index (κ1) is 24.9. The first-order valence-electron chi connectivity index (χ1n) is 10.5. The van der Waals surface area contributed by atoms with E-state index in [1.54, 1.807) is 24.3 Å². The Labute approximate surface area is 186 Å². The number of benzene rings is 2. The van der Waals surface area contributed by atoms with Crippen LogP contribution in [0, 0.1) is 0 Å². The molecule has 5 nitrogen and oxygen atoms in total. The summed E-state index contributed by atoms with van der Waals surface area (Å²) in [5.41, 5.74) is 3.63. The molecule has 0 aliphatic rings. The van der Waals surface area contributed by atoms with E-state index in [9.17, 15) is 13.2 Å². The number of carbonyl (C=O) groups is 1. The van der Waals surface area contributed by atoms with Crippen LogP contribution in [0.15, 0.2) is 41.3 Å². The maximum atomic E-state index is 13.4. The van der Waals surface area contributed by atoms with E-state index in [1.807, 2.05) is 19.9 Å². The highest BCUT2D eigenvalue weighted by atomic mass is 32.2. The maximum Gasteiger partial charge on any atom is 0.307 e. The molecule has 6 heteroatoms. The minimum absolute atomic E-state index is 0.0274. The van der Waals surface area contributed by atoms with Crippen molar-refractivity contribution in [2.75, 3.05) is 4.72 Å². The van der Waals surface area contributed by atoms with Crippen LogP contribution in [0.1, 0.15) is 83.6 Å². The Kier molecular flexibility index (Phi) is 6.96. The lowest BCUT2D eigenvalue weighted by molar-refractivity contribution is -0.136. The SMILES string of the molecule is CC(C)c1cc(C(C)(C)C)c(C(C)(C)C)cc1S(=O)(=O)Nc1ccc(CC(=O)O)cc1. The molecule has 0 heterocycles. The zero-order valence-electron chi connectivity index (χ0n) is 19.8. The van der Waals surface area contributed by atoms with Crippen molar-refractivity contribution in [1.29, 1.82) is 0 Å². The molecule has 0 aliphatic heterocycles. The van der Waals surface area contributed by atoms with Gasteiger partial charge in [0.1, 0.15) is 0 Å². The van der Waals surface area contributed by atoms with E-state index in [0.29, 0.717) is 11.3 Å². The number of aliphatic carboxylic acids is 1. The number of hydrogen-bond acceptors (Lipinski definition) is 3. The summed E-state index contributed by atoms with van der Waals surface area (Å²) in [7, 11) is -3.84. The molecule has 0 radical (unpaired) electrons. The molecule has 0 amide bonds. The van der Waals surface area contributed by atoms with E-state index < -0.39 is 16.0 Å². The van der Waals surface area contributed by atoms with Gasteiger partial charge in [-0.3, -0.25) is 9.52 Å². The van der Waals surface area contributed by atoms with E-state index in [1.165, 1.54) is 0 Å². The molecule has 0 saturated carbocycles. The minimum Gasteiger partial charge on any atom is -0.481 e. The van der Waals surface area contributed by atoms with Gasteiger partial charge in [0.15, 0.2) is 0 Å². The summed E-state index contributed by atoms with van der Waals surface area (Å²) in [5, 5.41) is 8.91. The second-order valence-corrected chi connectivity index (χ2v) is 12.1. The van der Waals surface area contributed by atoms with Gasteiger partial charge in [-0.15, -0.1) is 0 Å². The van der Waals surface area contributed by atoms with Crippen molar-refractivity contribution in [1.82, 2.24) is 0 Å². The molecule has 31 heavy (non-hydrogen) atoms. The largest absolute Gasteiger partial charge is 0.481 e. The summed E-state index contributed by atoms with van der Waals surface area (Å²) >= 11 is 0. The van der Waals surface area contributed by atoms with Gasteiger partial charge in [-0.05, 0) is 57.2 Å². The fourth-order valence-electron chi connectivity index (χ4n) is 3.60. The molecule has 0 fully saturated rings. The molecule has 2 N–H and O–H groups in total. The van der Waals surface area contributed by atoms with Gasteiger partial charge < -0.3 is 5.11 Å². The number of carboxylic acids is 1. The second-order valence-electron chi connectivity index (χ2n) is 10.5. The Morgan fingerprint density at radius 3 is 1.84 bits per heavy atom. The molecule has 2 aromatic carbocycles. The predicted molar refractivity (Wildman–Crippen MR) is 127 cm³/mol. The maximum absolute atomic E-state index is 13.4. The van der Waals surface area contributed by atoms with Crippen LogP contribution in [0.2, 0.25) is 0 Å². The predicted octanol–water partition coefficient (Wildman–Crippen LogP) is 5.83. The van der Waals surface area contributed by atoms with Gasteiger partial charge in [0.05, 0.1) is 11.3 Å². The smallest absolute Gasteiger partial charge is 0.307 e. The molecule has 2 rings (SSSR count). The van der Waals surface area contributed by atoms with Crippen LogP contribution in [0.4, 0.5) is 5.69 Å².